The molecule has 5 nitrogen and oxygen atoms in total. The number of nitrogens with zero attached hydrogens (tertiary/aromatic N) is 1. The van der Waals surface area contributed by atoms with E-state index in [1.165, 1.54) is 34.6 Å². The molecule has 0 bridgehead atoms. The second-order valence-corrected chi connectivity index (χ2v) is 7.40. The number of aryl methyl sites for hydroxylation is 2. The molecule has 3 aromatic rings. The number of carbonyl (C=O) groups is 2. The van der Waals surface area contributed by atoms with Crippen molar-refractivity contribution in [2.24, 2.45) is 0 Å². The summed E-state index contributed by atoms with van der Waals surface area (Å²) < 4.78 is 5.20. The maximum absolute atomic E-state index is 12.2. The summed E-state index contributed by atoms with van der Waals surface area (Å²) >= 11 is 1.49. The van der Waals surface area contributed by atoms with Crippen LogP contribution in [0.15, 0.2) is 42.6 Å². The van der Waals surface area contributed by atoms with Gasteiger partial charge in [-0.1, -0.05) is 6.07 Å². The predicted octanol–water partition coefficient (Wildman–Crippen LogP) is 3.97. The molecule has 0 atom stereocenters. The fourth-order valence-corrected chi connectivity index (χ4v) is 4.34. The van der Waals surface area contributed by atoms with Gasteiger partial charge < -0.3 is 10.1 Å². The zero-order valence-corrected chi connectivity index (χ0v) is 15.0. The minimum atomic E-state index is -0.431. The van der Waals surface area contributed by atoms with E-state index in [2.05, 4.69) is 10.3 Å². The predicted molar refractivity (Wildman–Crippen MR) is 102 cm³/mol. The van der Waals surface area contributed by atoms with E-state index in [9.17, 15) is 9.59 Å². The van der Waals surface area contributed by atoms with Gasteiger partial charge in [0.25, 0.3) is 5.91 Å². The molecule has 0 spiro atoms. The number of ether oxygens (including phenoxy) is 1. The number of fused-ring (bicyclic) bond motifs is 2. The number of thiophene rings is 1. The van der Waals surface area contributed by atoms with Gasteiger partial charge in [-0.2, -0.15) is 0 Å². The van der Waals surface area contributed by atoms with Gasteiger partial charge in [-0.05, 0) is 61.6 Å². The molecule has 0 aliphatic heterocycles. The minimum Gasteiger partial charge on any atom is -0.451 e. The molecular formula is C20H18N2O3S. The molecule has 4 rings (SSSR count). The van der Waals surface area contributed by atoms with Gasteiger partial charge in [0.15, 0.2) is 6.61 Å². The van der Waals surface area contributed by atoms with Gasteiger partial charge in [0.05, 0.1) is 11.2 Å². The van der Waals surface area contributed by atoms with Gasteiger partial charge in [-0.25, -0.2) is 4.79 Å². The highest BCUT2D eigenvalue weighted by molar-refractivity contribution is 7.14. The molecule has 132 valence electrons. The Morgan fingerprint density at radius 3 is 2.92 bits per heavy atom. The highest BCUT2D eigenvalue weighted by Gasteiger charge is 2.19. The van der Waals surface area contributed by atoms with Gasteiger partial charge in [0.2, 0.25) is 0 Å². The SMILES string of the molecule is O=C(COC(=O)c1cc2c(s1)CCCC2)Nc1cccc2ncccc12. The number of rotatable bonds is 4. The number of aromatic nitrogens is 1. The first-order valence-electron chi connectivity index (χ1n) is 8.63. The molecule has 0 unspecified atom stereocenters. The monoisotopic (exact) mass is 366 g/mol. The third-order valence-electron chi connectivity index (χ3n) is 4.45. The second kappa shape index (κ2) is 7.25. The fraction of sp³-hybridized carbons (Fsp3) is 0.250. The summed E-state index contributed by atoms with van der Waals surface area (Å²) in [5.41, 5.74) is 2.70. The minimum absolute atomic E-state index is 0.307. The lowest BCUT2D eigenvalue weighted by atomic mass is 9.99. The van der Waals surface area contributed by atoms with Crippen molar-refractivity contribution in [3.63, 3.8) is 0 Å². The molecule has 1 amide bonds. The van der Waals surface area contributed by atoms with Crippen molar-refractivity contribution < 1.29 is 14.3 Å². The average Bonchev–Trinajstić information content (AvgIpc) is 3.11. The molecule has 0 radical (unpaired) electrons. The molecular weight excluding hydrogens is 348 g/mol. The smallest absolute Gasteiger partial charge is 0.348 e. The van der Waals surface area contributed by atoms with Crippen LogP contribution in [0.25, 0.3) is 10.9 Å². The van der Waals surface area contributed by atoms with E-state index < -0.39 is 5.97 Å². The lowest BCUT2D eigenvalue weighted by molar-refractivity contribution is -0.119. The van der Waals surface area contributed by atoms with Crippen molar-refractivity contribution in [2.45, 2.75) is 25.7 Å². The van der Waals surface area contributed by atoms with Gasteiger partial charge >= 0.3 is 5.97 Å². The Kier molecular flexibility index (Phi) is 4.67. The first kappa shape index (κ1) is 16.7. The molecule has 0 saturated heterocycles. The summed E-state index contributed by atoms with van der Waals surface area (Å²) in [5.74, 6) is -0.796. The van der Waals surface area contributed by atoms with Crippen molar-refractivity contribution in [3.8, 4) is 0 Å². The fourth-order valence-electron chi connectivity index (χ4n) is 3.19. The van der Waals surface area contributed by atoms with E-state index in [-0.39, 0.29) is 12.5 Å². The summed E-state index contributed by atoms with van der Waals surface area (Å²) in [5, 5.41) is 3.64. The molecule has 6 heteroatoms. The maximum atomic E-state index is 12.2. The van der Waals surface area contributed by atoms with Crippen molar-refractivity contribution in [2.75, 3.05) is 11.9 Å². The molecule has 0 fully saturated rings. The largest absolute Gasteiger partial charge is 0.451 e. The van der Waals surface area contributed by atoms with E-state index in [4.69, 9.17) is 4.74 Å². The number of hydrogen-bond acceptors (Lipinski definition) is 5. The number of benzene rings is 1. The Balaban J connectivity index is 1.39. The molecule has 1 aliphatic carbocycles. The van der Waals surface area contributed by atoms with Crippen LogP contribution in [0.1, 0.15) is 33.0 Å². The molecule has 1 aliphatic rings. The Bertz CT molecular complexity index is 951. The number of amides is 1. The second-order valence-electron chi connectivity index (χ2n) is 6.27. The normalized spacial score (nSPS) is 13.2. The number of nitrogens with one attached hydrogen (secondary N) is 1. The summed E-state index contributed by atoms with van der Waals surface area (Å²) in [7, 11) is 0. The number of pyridine rings is 1. The zero-order valence-electron chi connectivity index (χ0n) is 14.2. The Labute approximate surface area is 155 Å². The van der Waals surface area contributed by atoms with E-state index in [1.807, 2.05) is 30.3 Å². The lowest BCUT2D eigenvalue weighted by Gasteiger charge is -2.08. The van der Waals surface area contributed by atoms with Crippen LogP contribution in [0.5, 0.6) is 0 Å². The van der Waals surface area contributed by atoms with Crippen LogP contribution in [0.4, 0.5) is 5.69 Å². The van der Waals surface area contributed by atoms with Gasteiger partial charge in [0.1, 0.15) is 4.88 Å². The quantitative estimate of drug-likeness (QED) is 0.710. The first-order valence-corrected chi connectivity index (χ1v) is 9.44. The Hall–Kier alpha value is -2.73. The Morgan fingerprint density at radius 2 is 2.04 bits per heavy atom. The third-order valence-corrected chi connectivity index (χ3v) is 5.67. The van der Waals surface area contributed by atoms with Crippen molar-refractivity contribution in [3.05, 3.63) is 57.9 Å². The lowest BCUT2D eigenvalue weighted by Crippen LogP contribution is -2.20. The average molecular weight is 366 g/mol. The van der Waals surface area contributed by atoms with Gasteiger partial charge in [0, 0.05) is 16.5 Å². The van der Waals surface area contributed by atoms with Crippen LogP contribution in [0.2, 0.25) is 0 Å². The number of hydrogen-bond donors (Lipinski definition) is 1. The summed E-state index contributed by atoms with van der Waals surface area (Å²) in [6.45, 7) is -0.307. The van der Waals surface area contributed by atoms with Gasteiger partial charge in [-0.3, -0.25) is 9.78 Å². The van der Waals surface area contributed by atoms with E-state index >= 15 is 0 Å². The van der Waals surface area contributed by atoms with Crippen molar-refractivity contribution in [1.29, 1.82) is 0 Å². The molecule has 2 heterocycles. The highest BCUT2D eigenvalue weighted by atomic mass is 32.1. The summed E-state index contributed by atoms with van der Waals surface area (Å²) in [6, 6.07) is 11.1. The number of esters is 1. The standard InChI is InChI=1S/C20H18N2O3S/c23-19(22-16-8-3-7-15-14(16)6-4-10-21-15)12-25-20(24)18-11-13-5-1-2-9-17(13)26-18/h3-4,6-8,10-11H,1-2,5,9,12H2,(H,22,23). The first-order chi connectivity index (χ1) is 12.7. The molecule has 1 aromatic carbocycles. The van der Waals surface area contributed by atoms with Gasteiger partial charge in [-0.15, -0.1) is 11.3 Å². The zero-order chi connectivity index (χ0) is 17.9. The van der Waals surface area contributed by atoms with E-state index in [0.717, 1.165) is 23.7 Å². The number of anilines is 1. The Morgan fingerprint density at radius 1 is 1.15 bits per heavy atom. The van der Waals surface area contributed by atoms with Crippen LogP contribution in [-0.4, -0.2) is 23.5 Å². The topological polar surface area (TPSA) is 68.3 Å². The van der Waals surface area contributed by atoms with Crippen LogP contribution in [0, 0.1) is 0 Å². The maximum Gasteiger partial charge on any atom is 0.348 e. The summed E-state index contributed by atoms with van der Waals surface area (Å²) in [6.07, 6.45) is 6.10. The molecule has 26 heavy (non-hydrogen) atoms. The van der Waals surface area contributed by atoms with Crippen LogP contribution >= 0.6 is 11.3 Å². The van der Waals surface area contributed by atoms with Crippen LogP contribution < -0.4 is 5.32 Å². The molecule has 1 N–H and O–H groups in total. The third kappa shape index (κ3) is 3.46. The van der Waals surface area contributed by atoms with Crippen molar-refractivity contribution >= 4 is 39.8 Å². The van der Waals surface area contributed by atoms with Crippen LogP contribution in [-0.2, 0) is 22.4 Å². The number of carbonyl (C=O) groups excluding carboxylic acids is 2. The summed E-state index contributed by atoms with van der Waals surface area (Å²) in [4.78, 5) is 30.5. The van der Waals surface area contributed by atoms with E-state index in [0.29, 0.717) is 10.6 Å². The molecule has 2 aromatic heterocycles. The van der Waals surface area contributed by atoms with Crippen molar-refractivity contribution in [1.82, 2.24) is 4.98 Å². The van der Waals surface area contributed by atoms with Crippen LogP contribution in [0.3, 0.4) is 0 Å². The van der Waals surface area contributed by atoms with E-state index in [1.54, 1.807) is 12.3 Å². The highest BCUT2D eigenvalue weighted by Crippen LogP contribution is 2.30. The molecule has 0 saturated carbocycles.